The van der Waals surface area contributed by atoms with Crippen molar-refractivity contribution < 1.29 is 19.7 Å². The Bertz CT molecular complexity index is 1800. The van der Waals surface area contributed by atoms with E-state index in [0.29, 0.717) is 36.0 Å². The van der Waals surface area contributed by atoms with Crippen LogP contribution in [0.4, 0.5) is 11.8 Å². The van der Waals surface area contributed by atoms with Gasteiger partial charge in [0, 0.05) is 44.7 Å². The summed E-state index contributed by atoms with van der Waals surface area (Å²) in [6, 6.07) is 31.2. The fourth-order valence-corrected chi connectivity index (χ4v) is 6.79. The number of nitrogens with one attached hydrogen (secondary N) is 3. The van der Waals surface area contributed by atoms with Crippen LogP contribution in [0.3, 0.4) is 0 Å². The van der Waals surface area contributed by atoms with Crippen molar-refractivity contribution in [3.05, 3.63) is 114 Å². The number of fused-ring (bicyclic) bond motifs is 1. The van der Waals surface area contributed by atoms with Gasteiger partial charge in [0.05, 0.1) is 6.33 Å². The minimum Gasteiger partial charge on any atom is -0.387 e. The largest absolute Gasteiger partial charge is 0.387 e. The van der Waals surface area contributed by atoms with Crippen molar-refractivity contribution in [2.75, 3.05) is 36.8 Å². The number of imidazole rings is 1. The van der Waals surface area contributed by atoms with E-state index in [-0.39, 0.29) is 12.0 Å². The van der Waals surface area contributed by atoms with E-state index < -0.39 is 30.4 Å². The molecule has 5 aromatic rings. The third-order valence-corrected chi connectivity index (χ3v) is 9.28. The zero-order valence-corrected chi connectivity index (χ0v) is 27.4. The summed E-state index contributed by atoms with van der Waals surface area (Å²) in [5.41, 5.74) is 4.48. The number of hydrogen-bond donors (Lipinski definition) is 5. The smallest absolute Gasteiger partial charge is 0.252 e. The molecule has 12 heteroatoms. The van der Waals surface area contributed by atoms with Crippen LogP contribution in [-0.4, -0.2) is 91.1 Å². The van der Waals surface area contributed by atoms with Crippen molar-refractivity contribution in [3.8, 4) is 0 Å². The number of carbonyl (C=O) groups is 1. The van der Waals surface area contributed by atoms with Crippen molar-refractivity contribution in [1.29, 1.82) is 0 Å². The highest BCUT2D eigenvalue weighted by Crippen LogP contribution is 2.34. The normalized spacial score (nSPS) is 22.5. The summed E-state index contributed by atoms with van der Waals surface area (Å²) < 4.78 is 7.53. The number of rotatable bonds is 12. The van der Waals surface area contributed by atoms with E-state index in [9.17, 15) is 15.0 Å². The molecule has 2 saturated heterocycles. The molecule has 7 rings (SSSR count). The van der Waals surface area contributed by atoms with Gasteiger partial charge in [-0.1, -0.05) is 91.0 Å². The second-order valence-corrected chi connectivity index (χ2v) is 12.6. The Balaban J connectivity index is 1.19. The van der Waals surface area contributed by atoms with Gasteiger partial charge in [-0.2, -0.15) is 9.97 Å². The van der Waals surface area contributed by atoms with Crippen molar-refractivity contribution in [2.24, 2.45) is 0 Å². The number of anilines is 2. The van der Waals surface area contributed by atoms with E-state index in [1.54, 1.807) is 11.5 Å². The van der Waals surface area contributed by atoms with Gasteiger partial charge < -0.3 is 30.9 Å². The first-order valence-electron chi connectivity index (χ1n) is 16.9. The third-order valence-electron chi connectivity index (χ3n) is 9.28. The molecule has 12 nitrogen and oxygen atoms in total. The van der Waals surface area contributed by atoms with Crippen molar-refractivity contribution in [3.63, 3.8) is 0 Å². The summed E-state index contributed by atoms with van der Waals surface area (Å²) in [7, 11) is 0. The molecular weight excluding hydrogens is 620 g/mol. The fraction of sp³-hybridized carbons (Fsp3) is 0.351. The summed E-state index contributed by atoms with van der Waals surface area (Å²) >= 11 is 0. The predicted octanol–water partition coefficient (Wildman–Crippen LogP) is 3.51. The van der Waals surface area contributed by atoms with Crippen LogP contribution in [0.2, 0.25) is 0 Å². The highest BCUT2D eigenvalue weighted by Gasteiger charge is 2.47. The summed E-state index contributed by atoms with van der Waals surface area (Å²) in [4.78, 5) is 29.5. The number of amides is 1. The van der Waals surface area contributed by atoms with Crippen LogP contribution in [0.1, 0.15) is 42.2 Å². The number of hydrogen-bond acceptors (Lipinski definition) is 10. The molecule has 2 fully saturated rings. The average molecular weight is 663 g/mol. The molecule has 49 heavy (non-hydrogen) atoms. The van der Waals surface area contributed by atoms with Crippen LogP contribution >= 0.6 is 0 Å². The molecule has 0 saturated carbocycles. The maximum Gasteiger partial charge on any atom is 0.252 e. The van der Waals surface area contributed by atoms with E-state index in [1.165, 1.54) is 11.9 Å². The molecule has 2 aromatic heterocycles. The number of ether oxygens (including phenoxy) is 1. The Kier molecular flexibility index (Phi) is 9.80. The van der Waals surface area contributed by atoms with Gasteiger partial charge >= 0.3 is 0 Å². The first-order chi connectivity index (χ1) is 24.0. The number of aliphatic hydroxyl groups is 2. The minimum absolute atomic E-state index is 0.0280. The molecule has 3 aromatic carbocycles. The minimum atomic E-state index is -1.42. The number of carbonyl (C=O) groups excluding carboxylic acids is 1. The Labute approximate surface area is 285 Å². The highest BCUT2D eigenvalue weighted by atomic mass is 16.6. The molecule has 0 bridgehead atoms. The van der Waals surface area contributed by atoms with Crippen LogP contribution < -0.4 is 16.0 Å². The summed E-state index contributed by atoms with van der Waals surface area (Å²) in [5.74, 6) is 0.470. The average Bonchev–Trinajstić information content (AvgIpc) is 3.83. The Hall–Kier alpha value is -4.88. The van der Waals surface area contributed by atoms with Gasteiger partial charge in [0.15, 0.2) is 29.3 Å². The van der Waals surface area contributed by atoms with Gasteiger partial charge in [-0.3, -0.25) is 14.3 Å². The van der Waals surface area contributed by atoms with Crippen molar-refractivity contribution in [2.45, 2.75) is 56.4 Å². The lowest BCUT2D eigenvalue weighted by Crippen LogP contribution is -2.42. The summed E-state index contributed by atoms with van der Waals surface area (Å²) in [6.07, 6.45) is -2.69. The molecule has 1 unspecified atom stereocenters. The van der Waals surface area contributed by atoms with E-state index in [4.69, 9.17) is 14.7 Å². The number of nitrogens with zero attached hydrogens (tertiary/aromatic N) is 5. The predicted molar refractivity (Wildman–Crippen MR) is 187 cm³/mol. The molecule has 2 aliphatic rings. The molecule has 0 aliphatic carbocycles. The second kappa shape index (κ2) is 14.7. The van der Waals surface area contributed by atoms with Crippen LogP contribution in [0.15, 0.2) is 97.3 Å². The first kappa shape index (κ1) is 32.7. The highest BCUT2D eigenvalue weighted by molar-refractivity contribution is 5.85. The monoisotopic (exact) mass is 662 g/mol. The zero-order valence-electron chi connectivity index (χ0n) is 27.4. The number of benzene rings is 3. The van der Waals surface area contributed by atoms with Crippen molar-refractivity contribution >= 4 is 28.8 Å². The van der Waals surface area contributed by atoms with Gasteiger partial charge in [-0.05, 0) is 30.0 Å². The lowest BCUT2D eigenvalue weighted by Gasteiger charge is -2.21. The molecule has 1 amide bonds. The number of aliphatic hydroxyl groups excluding tert-OH is 2. The van der Waals surface area contributed by atoms with Gasteiger partial charge in [-0.25, -0.2) is 4.98 Å². The van der Waals surface area contributed by atoms with Gasteiger partial charge in [0.25, 0.3) is 5.91 Å². The van der Waals surface area contributed by atoms with E-state index in [1.807, 2.05) is 42.5 Å². The molecule has 4 heterocycles. The third kappa shape index (κ3) is 7.13. The van der Waals surface area contributed by atoms with E-state index in [2.05, 4.69) is 74.4 Å². The van der Waals surface area contributed by atoms with Gasteiger partial charge in [0.1, 0.15) is 12.2 Å². The Morgan fingerprint density at radius 1 is 0.939 bits per heavy atom. The molecule has 5 N–H and O–H groups in total. The van der Waals surface area contributed by atoms with E-state index >= 15 is 0 Å². The van der Waals surface area contributed by atoms with Crippen LogP contribution in [0.25, 0.3) is 11.2 Å². The van der Waals surface area contributed by atoms with Crippen LogP contribution in [0.5, 0.6) is 0 Å². The van der Waals surface area contributed by atoms with Crippen LogP contribution in [-0.2, 0) is 16.1 Å². The number of aromatic nitrogens is 4. The second-order valence-electron chi connectivity index (χ2n) is 12.6. The number of likely N-dealkylation sites (tertiary alicyclic amines) is 1. The maximum atomic E-state index is 12.6. The SMILES string of the molecule is CCNC(=O)[C@H]1O[C@@H](n2cnc3c(NCC(c4ccccc4)c4ccccc4)nc(NC4CCN(Cc5ccccc5)C4)nc32)[C@H](O)[C@H]1O. The molecule has 5 atom stereocenters. The molecule has 0 spiro atoms. The lowest BCUT2D eigenvalue weighted by atomic mass is 9.91. The number of likely N-dealkylation sites (N-methyl/N-ethyl adjacent to an activating group) is 1. The van der Waals surface area contributed by atoms with Gasteiger partial charge in [0.2, 0.25) is 5.95 Å². The Morgan fingerprint density at radius 3 is 2.29 bits per heavy atom. The topological polar surface area (TPSA) is 150 Å². The standard InChI is InChI=1S/C37H42N8O4/c1-2-38-35(48)32-30(46)31(47)36(49-32)45-23-40-29-33(39-20-28(25-14-8-4-9-15-25)26-16-10-5-11-17-26)42-37(43-34(29)45)41-27-18-19-44(22-27)21-24-12-6-3-7-13-24/h3-17,23,27-28,30-32,36,46-47H,2,18-22H2,1H3,(H,38,48)(H2,39,41,42,43)/t27?,30-,31-,32+,36-/m1/s1. The summed E-state index contributed by atoms with van der Waals surface area (Å²) in [5, 5.41) is 31.6. The molecule has 2 aliphatic heterocycles. The quantitative estimate of drug-likeness (QED) is 0.134. The van der Waals surface area contributed by atoms with E-state index in [0.717, 1.165) is 37.2 Å². The Morgan fingerprint density at radius 2 is 1.61 bits per heavy atom. The zero-order chi connectivity index (χ0) is 33.7. The van der Waals surface area contributed by atoms with Crippen LogP contribution in [0, 0.1) is 0 Å². The van der Waals surface area contributed by atoms with Crippen molar-refractivity contribution in [1.82, 2.24) is 29.7 Å². The molecular formula is C37H42N8O4. The first-order valence-corrected chi connectivity index (χ1v) is 16.9. The summed E-state index contributed by atoms with van der Waals surface area (Å²) in [6.45, 7) is 5.31. The molecule has 254 valence electrons. The lowest BCUT2D eigenvalue weighted by molar-refractivity contribution is -0.137. The van der Waals surface area contributed by atoms with Gasteiger partial charge in [-0.15, -0.1) is 0 Å². The maximum absolute atomic E-state index is 12.6. The molecule has 0 radical (unpaired) electrons. The fourth-order valence-electron chi connectivity index (χ4n) is 6.79.